The molecule has 184 valence electrons. The molecule has 2 aromatic carbocycles. The molecule has 0 spiro atoms. The van der Waals surface area contributed by atoms with E-state index in [4.69, 9.17) is 4.98 Å². The van der Waals surface area contributed by atoms with E-state index in [0.29, 0.717) is 44.9 Å². The number of nitrogens with zero attached hydrogens (tertiary/aromatic N) is 5. The summed E-state index contributed by atoms with van der Waals surface area (Å²) in [6.07, 6.45) is 3.36. The van der Waals surface area contributed by atoms with Crippen LogP contribution in [0.4, 0.5) is 0 Å². The summed E-state index contributed by atoms with van der Waals surface area (Å²) in [5.74, 6) is 6.51. The van der Waals surface area contributed by atoms with Crippen LogP contribution in [0.15, 0.2) is 71.8 Å². The number of carbonyl (C=O) groups is 1. The summed E-state index contributed by atoms with van der Waals surface area (Å²) in [6.45, 7) is 7.58. The van der Waals surface area contributed by atoms with Crippen molar-refractivity contribution in [2.75, 3.05) is 0 Å². The number of benzene rings is 2. The Morgan fingerprint density at radius 2 is 1.81 bits per heavy atom. The first-order chi connectivity index (χ1) is 17.8. The summed E-state index contributed by atoms with van der Waals surface area (Å²) in [4.78, 5) is 36.5. The maximum Gasteiger partial charge on any atom is 0.267 e. The molecule has 8 heteroatoms. The van der Waals surface area contributed by atoms with Gasteiger partial charge in [0.2, 0.25) is 0 Å². The quantitative estimate of drug-likeness (QED) is 0.381. The zero-order valence-corrected chi connectivity index (χ0v) is 21.1. The zero-order chi connectivity index (χ0) is 26.1. The fourth-order valence-electron chi connectivity index (χ4n) is 4.29. The maximum atomic E-state index is 14.0. The Morgan fingerprint density at radius 1 is 1.03 bits per heavy atom. The first-order valence-corrected chi connectivity index (χ1v) is 12.1. The molecule has 0 radical (unpaired) electrons. The second-order valence-corrected chi connectivity index (χ2v) is 9.11. The fourth-order valence-corrected chi connectivity index (χ4v) is 4.29. The second-order valence-electron chi connectivity index (χ2n) is 9.11. The number of rotatable bonds is 4. The van der Waals surface area contributed by atoms with Crippen LogP contribution in [0, 0.1) is 24.7 Å². The Balaban J connectivity index is 1.66. The van der Waals surface area contributed by atoms with Gasteiger partial charge < -0.3 is 5.32 Å². The topological polar surface area (TPSA) is 94.2 Å². The molecule has 0 saturated carbocycles. The van der Waals surface area contributed by atoms with E-state index in [1.807, 2.05) is 63.2 Å². The van der Waals surface area contributed by atoms with Crippen LogP contribution in [-0.4, -0.2) is 30.1 Å². The van der Waals surface area contributed by atoms with Gasteiger partial charge in [0, 0.05) is 23.9 Å². The van der Waals surface area contributed by atoms with Crippen LogP contribution >= 0.6 is 0 Å². The third-order valence-electron chi connectivity index (χ3n) is 5.97. The number of hydrogen-bond acceptors (Lipinski definition) is 5. The minimum absolute atomic E-state index is 0.159. The number of aromatic nitrogens is 5. The smallest absolute Gasteiger partial charge is 0.267 e. The van der Waals surface area contributed by atoms with Gasteiger partial charge in [-0.2, -0.15) is 5.10 Å². The van der Waals surface area contributed by atoms with Crippen LogP contribution in [0.25, 0.3) is 22.2 Å². The molecule has 0 saturated heterocycles. The molecule has 5 aromatic rings. The number of hydrogen-bond donors (Lipinski definition) is 1. The van der Waals surface area contributed by atoms with Crippen molar-refractivity contribution >= 4 is 22.5 Å². The molecule has 0 aliphatic rings. The van der Waals surface area contributed by atoms with Gasteiger partial charge in [0.15, 0.2) is 5.65 Å². The van der Waals surface area contributed by atoms with Crippen molar-refractivity contribution in [3.8, 4) is 17.5 Å². The Hall–Kier alpha value is -4.77. The lowest BCUT2D eigenvalue weighted by Crippen LogP contribution is -2.33. The molecule has 5 rings (SSSR count). The molecule has 3 aromatic heterocycles. The van der Waals surface area contributed by atoms with E-state index in [9.17, 15) is 9.59 Å². The number of carbonyl (C=O) groups excluding carboxylic acids is 1. The summed E-state index contributed by atoms with van der Waals surface area (Å²) in [7, 11) is 0. The largest absolute Gasteiger partial charge is 0.342 e. The molecule has 37 heavy (non-hydrogen) atoms. The minimum Gasteiger partial charge on any atom is -0.342 e. The Bertz CT molecular complexity index is 1760. The van der Waals surface area contributed by atoms with Crippen LogP contribution in [0.5, 0.6) is 0 Å². The first kappa shape index (κ1) is 23.9. The average molecular weight is 491 g/mol. The lowest BCUT2D eigenvalue weighted by molar-refractivity contribution is 0.0938. The van der Waals surface area contributed by atoms with Crippen LogP contribution in [0.3, 0.4) is 0 Å². The molecule has 0 fully saturated rings. The van der Waals surface area contributed by atoms with E-state index in [1.165, 1.54) is 0 Å². The summed E-state index contributed by atoms with van der Waals surface area (Å²) in [5, 5.41) is 7.84. The summed E-state index contributed by atoms with van der Waals surface area (Å²) in [6, 6.07) is 15.9. The van der Waals surface area contributed by atoms with Crippen LogP contribution < -0.4 is 10.9 Å². The highest BCUT2D eigenvalue weighted by Gasteiger charge is 2.24. The molecule has 0 aliphatic carbocycles. The minimum atomic E-state index is -0.603. The molecule has 0 aliphatic heterocycles. The monoisotopic (exact) mass is 490 g/mol. The summed E-state index contributed by atoms with van der Waals surface area (Å²) < 4.78 is 3.12. The van der Waals surface area contributed by atoms with Gasteiger partial charge in [0.1, 0.15) is 11.4 Å². The molecule has 0 unspecified atom stereocenters. The van der Waals surface area contributed by atoms with Crippen molar-refractivity contribution in [3.05, 3.63) is 100.0 Å². The molecule has 1 atom stereocenters. The van der Waals surface area contributed by atoms with E-state index in [1.54, 1.807) is 40.5 Å². The number of aryl methyl sites for hydroxylation is 1. The number of fused-ring (bicyclic) bond motifs is 2. The number of para-hydroxylation sites is 1. The Labute approximate surface area is 214 Å². The molecule has 0 bridgehead atoms. The van der Waals surface area contributed by atoms with Gasteiger partial charge in [-0.05, 0) is 44.2 Å². The van der Waals surface area contributed by atoms with Crippen molar-refractivity contribution < 1.29 is 4.79 Å². The predicted octanol–water partition coefficient (Wildman–Crippen LogP) is 4.24. The summed E-state index contributed by atoms with van der Waals surface area (Å²) >= 11 is 0. The molecular formula is C29H26N6O2. The van der Waals surface area contributed by atoms with Crippen molar-refractivity contribution in [2.45, 2.75) is 33.7 Å². The highest BCUT2D eigenvalue weighted by Crippen LogP contribution is 2.21. The van der Waals surface area contributed by atoms with Gasteiger partial charge in [0.25, 0.3) is 11.5 Å². The van der Waals surface area contributed by atoms with Crippen LogP contribution in [0.2, 0.25) is 0 Å². The molecule has 1 amide bonds. The fraction of sp³-hybridized carbons (Fsp3) is 0.207. The maximum absolute atomic E-state index is 14.0. The van der Waals surface area contributed by atoms with Gasteiger partial charge in [-0.15, -0.1) is 0 Å². The van der Waals surface area contributed by atoms with E-state index in [-0.39, 0.29) is 17.4 Å². The molecule has 8 nitrogen and oxygen atoms in total. The number of amides is 1. The van der Waals surface area contributed by atoms with Gasteiger partial charge in [0.05, 0.1) is 28.3 Å². The predicted molar refractivity (Wildman–Crippen MR) is 143 cm³/mol. The van der Waals surface area contributed by atoms with Crippen molar-refractivity contribution in [3.63, 3.8) is 0 Å². The zero-order valence-electron chi connectivity index (χ0n) is 21.1. The Kier molecular flexibility index (Phi) is 6.28. The third kappa shape index (κ3) is 4.47. The van der Waals surface area contributed by atoms with Crippen molar-refractivity contribution in [1.29, 1.82) is 0 Å². The lowest BCUT2D eigenvalue weighted by atomic mass is 10.1. The lowest BCUT2D eigenvalue weighted by Gasteiger charge is -2.20. The molecule has 3 heterocycles. The second kappa shape index (κ2) is 9.70. The van der Waals surface area contributed by atoms with Crippen LogP contribution in [0.1, 0.15) is 54.3 Å². The third-order valence-corrected chi connectivity index (χ3v) is 5.97. The van der Waals surface area contributed by atoms with E-state index < -0.39 is 6.04 Å². The van der Waals surface area contributed by atoms with E-state index >= 15 is 0 Å². The van der Waals surface area contributed by atoms with Gasteiger partial charge in [-0.3, -0.25) is 14.2 Å². The molecular weight excluding hydrogens is 464 g/mol. The van der Waals surface area contributed by atoms with Crippen LogP contribution in [-0.2, 0) is 0 Å². The number of nitrogens with one attached hydrogen (secondary N) is 1. The Morgan fingerprint density at radius 3 is 2.57 bits per heavy atom. The van der Waals surface area contributed by atoms with Crippen molar-refractivity contribution in [1.82, 2.24) is 29.5 Å². The highest BCUT2D eigenvalue weighted by molar-refractivity contribution is 6.01. The first-order valence-electron chi connectivity index (χ1n) is 12.1. The van der Waals surface area contributed by atoms with Gasteiger partial charge >= 0.3 is 0 Å². The van der Waals surface area contributed by atoms with E-state index in [0.717, 1.165) is 0 Å². The SMILES string of the molecule is Cc1nn2cccnc2c1C(=O)N[C@@H](C)c1nc2cccc(C#CC(C)C)c2c(=O)n1-c1ccccc1. The highest BCUT2D eigenvalue weighted by atomic mass is 16.2. The van der Waals surface area contributed by atoms with Gasteiger partial charge in [-0.25, -0.2) is 14.5 Å². The van der Waals surface area contributed by atoms with E-state index in [2.05, 4.69) is 27.2 Å². The standard InChI is InChI=1S/C29H26N6O2/c1-18(2)14-15-21-10-8-13-23-25(21)29(37)35(22-11-6-5-7-12-22)26(32-23)20(4)31-28(36)24-19(3)33-34-17-9-16-30-27(24)34/h5-13,16-18,20H,1-4H3,(H,31,36)/t20-/m0/s1. The average Bonchev–Trinajstić information content (AvgIpc) is 3.23. The summed E-state index contributed by atoms with van der Waals surface area (Å²) in [5.41, 5.74) is 2.97. The normalized spacial score (nSPS) is 11.9. The molecule has 1 N–H and O–H groups in total. The van der Waals surface area contributed by atoms with Crippen molar-refractivity contribution in [2.24, 2.45) is 5.92 Å². The van der Waals surface area contributed by atoms with Gasteiger partial charge in [-0.1, -0.05) is 50.0 Å².